The second-order valence-corrected chi connectivity index (χ2v) is 7.23. The molecule has 0 amide bonds. The molecule has 1 aromatic heterocycles. The van der Waals surface area contributed by atoms with Gasteiger partial charge in [0.05, 0.1) is 0 Å². The fraction of sp³-hybridized carbons (Fsp3) is 0.706. The highest BCUT2D eigenvalue weighted by Crippen LogP contribution is 2.21. The monoisotopic (exact) mass is 277 g/mol. The molecule has 3 nitrogen and oxygen atoms in total. The number of hydrogen-bond acceptors (Lipinski definition) is 3. The average Bonchev–Trinajstić information content (AvgIpc) is 2.32. The van der Waals surface area contributed by atoms with Gasteiger partial charge in [0.15, 0.2) is 0 Å². The molecule has 0 aliphatic rings. The first-order chi connectivity index (χ1) is 9.20. The van der Waals surface area contributed by atoms with Crippen LogP contribution in [0, 0.1) is 5.92 Å². The van der Waals surface area contributed by atoms with Gasteiger partial charge in [-0.15, -0.1) is 0 Å². The minimum atomic E-state index is 0.119. The van der Waals surface area contributed by atoms with E-state index in [-0.39, 0.29) is 5.54 Å². The van der Waals surface area contributed by atoms with Crippen molar-refractivity contribution in [3.8, 4) is 0 Å². The Kier molecular flexibility index (Phi) is 6.00. The molecule has 0 saturated heterocycles. The minimum absolute atomic E-state index is 0.119. The van der Waals surface area contributed by atoms with Crippen molar-refractivity contribution in [2.45, 2.75) is 66.6 Å². The molecule has 20 heavy (non-hydrogen) atoms. The van der Waals surface area contributed by atoms with Gasteiger partial charge >= 0.3 is 0 Å². The smallest absolute Gasteiger partial charge is 0.133 e. The summed E-state index contributed by atoms with van der Waals surface area (Å²) >= 11 is 0. The Bertz CT molecular complexity index is 405. The average molecular weight is 277 g/mol. The topological polar surface area (TPSA) is 28.2 Å². The highest BCUT2D eigenvalue weighted by molar-refractivity contribution is 5.47. The lowest BCUT2D eigenvalue weighted by molar-refractivity contribution is 0.423. The minimum Gasteiger partial charge on any atom is -0.354 e. The van der Waals surface area contributed by atoms with Crippen molar-refractivity contribution < 1.29 is 0 Å². The number of nitrogens with one attached hydrogen (secondary N) is 1. The number of hydrogen-bond donors (Lipinski definition) is 1. The van der Waals surface area contributed by atoms with Crippen LogP contribution in [0.1, 0.15) is 54.0 Å². The first kappa shape index (κ1) is 17.0. The maximum Gasteiger partial charge on any atom is 0.133 e. The van der Waals surface area contributed by atoms with Crippen LogP contribution in [0.25, 0.3) is 0 Å². The molecule has 1 aromatic rings. The fourth-order valence-electron chi connectivity index (χ4n) is 2.12. The predicted molar refractivity (Wildman–Crippen MR) is 88.1 cm³/mol. The molecule has 0 aromatic carbocycles. The van der Waals surface area contributed by atoms with Crippen molar-refractivity contribution >= 4 is 5.82 Å². The second kappa shape index (κ2) is 7.07. The molecule has 0 atom stereocenters. The Labute approximate surface area is 124 Å². The summed E-state index contributed by atoms with van der Waals surface area (Å²) in [4.78, 5) is 7.05. The maximum atomic E-state index is 4.64. The first-order valence-corrected chi connectivity index (χ1v) is 7.66. The van der Waals surface area contributed by atoms with Crippen LogP contribution in [0.3, 0.4) is 0 Å². The molecular weight excluding hydrogens is 246 g/mol. The van der Waals surface area contributed by atoms with E-state index in [0.29, 0.717) is 12.0 Å². The van der Waals surface area contributed by atoms with Crippen LogP contribution >= 0.6 is 0 Å². The lowest BCUT2D eigenvalue weighted by Crippen LogP contribution is -2.38. The zero-order valence-corrected chi connectivity index (χ0v) is 14.2. The number of anilines is 1. The highest BCUT2D eigenvalue weighted by atomic mass is 15.2. The van der Waals surface area contributed by atoms with Crippen LogP contribution < -0.4 is 10.2 Å². The van der Waals surface area contributed by atoms with Gasteiger partial charge < -0.3 is 10.2 Å². The summed E-state index contributed by atoms with van der Waals surface area (Å²) in [6, 6.07) is 4.66. The van der Waals surface area contributed by atoms with Gasteiger partial charge in [-0.2, -0.15) is 0 Å². The van der Waals surface area contributed by atoms with Crippen LogP contribution in [0.4, 0.5) is 5.82 Å². The Hall–Kier alpha value is -1.09. The highest BCUT2D eigenvalue weighted by Gasteiger charge is 2.18. The summed E-state index contributed by atoms with van der Waals surface area (Å²) in [6.07, 6.45) is 1.89. The molecule has 0 spiro atoms. The summed E-state index contributed by atoms with van der Waals surface area (Å²) in [5.74, 6) is 1.75. The molecule has 1 rings (SSSR count). The van der Waals surface area contributed by atoms with Crippen LogP contribution in [-0.4, -0.2) is 23.1 Å². The number of rotatable bonds is 6. The van der Waals surface area contributed by atoms with Gasteiger partial charge in [0, 0.05) is 36.4 Å². The molecular formula is C17H31N3. The molecule has 0 unspecified atom stereocenters. The maximum absolute atomic E-state index is 4.64. The van der Waals surface area contributed by atoms with Crippen molar-refractivity contribution in [1.82, 2.24) is 10.3 Å². The largest absolute Gasteiger partial charge is 0.354 e. The molecule has 0 saturated carbocycles. The number of nitrogens with zero attached hydrogens (tertiary/aromatic N) is 2. The van der Waals surface area contributed by atoms with E-state index in [1.165, 1.54) is 5.56 Å². The summed E-state index contributed by atoms with van der Waals surface area (Å²) < 4.78 is 0. The van der Waals surface area contributed by atoms with Gasteiger partial charge in [-0.3, -0.25) is 0 Å². The second-order valence-electron chi connectivity index (χ2n) is 7.23. The molecule has 114 valence electrons. The van der Waals surface area contributed by atoms with Crippen LogP contribution in [0.2, 0.25) is 0 Å². The summed E-state index contributed by atoms with van der Waals surface area (Å²) in [5, 5.41) is 3.56. The van der Waals surface area contributed by atoms with Gasteiger partial charge in [-0.25, -0.2) is 4.98 Å². The number of aromatic nitrogens is 1. The summed E-state index contributed by atoms with van der Waals surface area (Å²) in [5.41, 5.74) is 1.39. The first-order valence-electron chi connectivity index (χ1n) is 7.66. The van der Waals surface area contributed by atoms with E-state index < -0.39 is 0 Å². The molecule has 0 bridgehead atoms. The van der Waals surface area contributed by atoms with Crippen LogP contribution in [-0.2, 0) is 6.54 Å². The summed E-state index contributed by atoms with van der Waals surface area (Å²) in [6.45, 7) is 17.4. The van der Waals surface area contributed by atoms with Crippen molar-refractivity contribution in [3.63, 3.8) is 0 Å². The molecule has 1 N–H and O–H groups in total. The van der Waals surface area contributed by atoms with Gasteiger partial charge in [0.1, 0.15) is 5.82 Å². The molecule has 0 radical (unpaired) electrons. The van der Waals surface area contributed by atoms with E-state index in [2.05, 4.69) is 69.7 Å². The molecule has 1 heterocycles. The van der Waals surface area contributed by atoms with E-state index in [4.69, 9.17) is 0 Å². The normalized spacial score (nSPS) is 12.2. The lowest BCUT2D eigenvalue weighted by Gasteiger charge is -2.32. The third-order valence-electron chi connectivity index (χ3n) is 3.13. The van der Waals surface area contributed by atoms with E-state index in [1.807, 2.05) is 12.3 Å². The Morgan fingerprint density at radius 2 is 1.85 bits per heavy atom. The van der Waals surface area contributed by atoms with Crippen molar-refractivity contribution in [1.29, 1.82) is 0 Å². The Balaban J connectivity index is 2.97. The fourth-order valence-corrected chi connectivity index (χ4v) is 2.12. The van der Waals surface area contributed by atoms with Gasteiger partial charge in [0.25, 0.3) is 0 Å². The number of pyridine rings is 1. The quantitative estimate of drug-likeness (QED) is 0.856. The predicted octanol–water partition coefficient (Wildman–Crippen LogP) is 3.84. The van der Waals surface area contributed by atoms with Crippen LogP contribution in [0.5, 0.6) is 0 Å². The van der Waals surface area contributed by atoms with E-state index in [0.717, 1.165) is 18.9 Å². The van der Waals surface area contributed by atoms with Crippen molar-refractivity contribution in [2.24, 2.45) is 5.92 Å². The lowest BCUT2D eigenvalue weighted by atomic mass is 10.1. The van der Waals surface area contributed by atoms with E-state index >= 15 is 0 Å². The van der Waals surface area contributed by atoms with Crippen LogP contribution in [0.15, 0.2) is 18.3 Å². The Morgan fingerprint density at radius 3 is 2.35 bits per heavy atom. The third kappa shape index (κ3) is 5.49. The van der Waals surface area contributed by atoms with Gasteiger partial charge in [0.2, 0.25) is 0 Å². The zero-order chi connectivity index (χ0) is 15.3. The Morgan fingerprint density at radius 1 is 1.20 bits per heavy atom. The molecule has 0 fully saturated rings. The van der Waals surface area contributed by atoms with E-state index in [1.54, 1.807) is 0 Å². The van der Waals surface area contributed by atoms with Gasteiger partial charge in [-0.1, -0.05) is 19.9 Å². The van der Waals surface area contributed by atoms with Crippen molar-refractivity contribution in [3.05, 3.63) is 23.9 Å². The van der Waals surface area contributed by atoms with Crippen molar-refractivity contribution in [2.75, 3.05) is 11.4 Å². The molecule has 3 heteroatoms. The zero-order valence-electron chi connectivity index (χ0n) is 14.2. The SMILES string of the molecule is CC(C)CN(c1ncccc1CNC(C)(C)C)C(C)C. The molecule has 0 aliphatic carbocycles. The van der Waals surface area contributed by atoms with E-state index in [9.17, 15) is 0 Å². The molecule has 0 aliphatic heterocycles. The summed E-state index contributed by atoms with van der Waals surface area (Å²) in [7, 11) is 0. The van der Waals surface area contributed by atoms with Gasteiger partial charge in [-0.05, 0) is 46.6 Å². The third-order valence-corrected chi connectivity index (χ3v) is 3.13. The standard InChI is InChI=1S/C17H31N3/c1-13(2)12-20(14(3)4)16-15(9-8-10-18-16)11-19-17(5,6)7/h8-10,13-14,19H,11-12H2,1-7H3.